The number of para-hydroxylation sites is 1. The third-order valence-corrected chi connectivity index (χ3v) is 10.6. The van der Waals surface area contributed by atoms with Gasteiger partial charge in [-0.2, -0.15) is 4.98 Å². The fourth-order valence-corrected chi connectivity index (χ4v) is 7.66. The molecule has 0 spiro atoms. The smallest absolute Gasteiger partial charge is 0.351 e. The molecule has 4 aliphatic rings. The molecule has 50 heavy (non-hydrogen) atoms. The van der Waals surface area contributed by atoms with Gasteiger partial charge in [-0.25, -0.2) is 19.0 Å². The number of hydrogen-bond acceptors (Lipinski definition) is 11. The second-order valence-electron chi connectivity index (χ2n) is 12.6. The van der Waals surface area contributed by atoms with Gasteiger partial charge in [0.2, 0.25) is 5.43 Å². The predicted octanol–water partition coefficient (Wildman–Crippen LogP) is 2.56. The number of amides is 1. The lowest BCUT2D eigenvalue weighted by molar-refractivity contribution is -0.112. The van der Waals surface area contributed by atoms with Crippen molar-refractivity contribution in [3.63, 3.8) is 0 Å². The highest BCUT2D eigenvalue weighted by Crippen LogP contribution is 2.38. The summed E-state index contributed by atoms with van der Waals surface area (Å²) in [6.07, 6.45) is 4.05. The van der Waals surface area contributed by atoms with Gasteiger partial charge in [0.1, 0.15) is 28.8 Å². The number of aliphatic hydroxyl groups excluding tert-OH is 1. The molecule has 3 fully saturated rings. The van der Waals surface area contributed by atoms with Crippen molar-refractivity contribution >= 4 is 57.4 Å². The molecule has 2 atom stereocenters. The molecule has 2 N–H and O–H groups in total. The van der Waals surface area contributed by atoms with E-state index >= 15 is 4.39 Å². The number of aromatic carboxylic acids is 1. The number of aliphatic hydroxyl groups is 1. The molecule has 5 heterocycles. The van der Waals surface area contributed by atoms with Crippen LogP contribution in [0.15, 0.2) is 69.4 Å². The van der Waals surface area contributed by atoms with Crippen LogP contribution in [0.4, 0.5) is 21.6 Å². The Morgan fingerprint density at radius 1 is 1.04 bits per heavy atom. The van der Waals surface area contributed by atoms with Crippen molar-refractivity contribution in [1.29, 1.82) is 0 Å². The van der Waals surface area contributed by atoms with E-state index in [1.54, 1.807) is 27.7 Å². The largest absolute Gasteiger partial charge is 0.477 e. The Morgan fingerprint density at radius 3 is 2.52 bits per heavy atom. The summed E-state index contributed by atoms with van der Waals surface area (Å²) < 4.78 is 24.3. The highest BCUT2D eigenvalue weighted by atomic mass is 32.2. The Hall–Kier alpha value is -4.90. The third-order valence-electron chi connectivity index (χ3n) is 9.46. The molecule has 8 rings (SSSR count). The zero-order chi connectivity index (χ0) is 34.7. The first-order chi connectivity index (χ1) is 24.2. The van der Waals surface area contributed by atoms with Gasteiger partial charge in [-0.3, -0.25) is 24.0 Å². The van der Waals surface area contributed by atoms with Crippen LogP contribution in [0.25, 0.3) is 10.9 Å². The first kappa shape index (κ1) is 32.3. The average Bonchev–Trinajstić information content (AvgIpc) is 3.79. The van der Waals surface area contributed by atoms with Gasteiger partial charge in [0.25, 0.3) is 5.91 Å². The summed E-state index contributed by atoms with van der Waals surface area (Å²) in [4.78, 5) is 65.4. The maximum Gasteiger partial charge on any atom is 0.351 e. The molecule has 2 aromatic carbocycles. The monoisotopic (exact) mass is 701 g/mol. The summed E-state index contributed by atoms with van der Waals surface area (Å²) in [6.45, 7) is 2.05. The number of hydrogen-bond donors (Lipinski definition) is 2. The van der Waals surface area contributed by atoms with Crippen molar-refractivity contribution in [2.45, 2.75) is 30.5 Å². The van der Waals surface area contributed by atoms with E-state index in [4.69, 9.17) is 4.74 Å². The quantitative estimate of drug-likeness (QED) is 0.278. The van der Waals surface area contributed by atoms with Crippen molar-refractivity contribution in [3.05, 3.63) is 92.5 Å². The number of carbonyl (C=O) groups is 2. The number of nitrogens with zero attached hydrogens (tertiary/aromatic N) is 7. The second-order valence-corrected chi connectivity index (χ2v) is 13.8. The molecule has 1 amide bonds. The molecular weight excluding hydrogens is 669 g/mol. The lowest BCUT2D eigenvalue weighted by Crippen LogP contribution is -2.51. The van der Waals surface area contributed by atoms with Crippen LogP contribution in [-0.2, 0) is 9.53 Å². The SMILES string of the molecule is O=C(O)c1cn(C2CC2)c2cc(N3CCN(CN4C(=O)C(=Nc5ccn([C@H]6CS[C@@H](CO)O6)c(=O)n5)c5ccccc54)CC3)c(F)cc2c1=O. The van der Waals surface area contributed by atoms with E-state index in [9.17, 15) is 29.4 Å². The molecule has 0 unspecified atom stereocenters. The predicted molar refractivity (Wildman–Crippen MR) is 184 cm³/mol. The maximum absolute atomic E-state index is 15.5. The van der Waals surface area contributed by atoms with Gasteiger partial charge in [-0.1, -0.05) is 18.2 Å². The Bertz CT molecular complexity index is 2190. The number of rotatable bonds is 8. The minimum absolute atomic E-state index is 0.0508. The molecular formula is C34H32FN7O7S. The minimum atomic E-state index is -1.34. The van der Waals surface area contributed by atoms with Gasteiger partial charge < -0.3 is 24.4 Å². The number of carboxylic acid groups (broad SMARTS) is 1. The number of aromatic nitrogens is 3. The first-order valence-corrected chi connectivity index (χ1v) is 17.3. The Balaban J connectivity index is 0.992. The topological polar surface area (TPSA) is 163 Å². The molecule has 1 aliphatic carbocycles. The van der Waals surface area contributed by atoms with E-state index in [0.717, 1.165) is 18.9 Å². The maximum atomic E-state index is 15.5. The number of ether oxygens (including phenoxy) is 1. The Labute approximate surface area is 288 Å². The number of fused-ring (bicyclic) bond motifs is 2. The van der Waals surface area contributed by atoms with Crippen molar-refractivity contribution < 1.29 is 28.9 Å². The van der Waals surface area contributed by atoms with Gasteiger partial charge in [0.05, 0.1) is 30.2 Å². The van der Waals surface area contributed by atoms with Crippen LogP contribution in [0.1, 0.15) is 41.0 Å². The van der Waals surface area contributed by atoms with E-state index in [-0.39, 0.29) is 47.7 Å². The Morgan fingerprint density at radius 2 is 1.82 bits per heavy atom. The lowest BCUT2D eigenvalue weighted by Gasteiger charge is -2.38. The Kier molecular flexibility index (Phi) is 8.25. The molecule has 0 bridgehead atoms. The summed E-state index contributed by atoms with van der Waals surface area (Å²) in [5.41, 5.74) is 0.270. The number of thioether (sulfide) groups is 1. The number of benzene rings is 2. The number of carbonyl (C=O) groups excluding carboxylic acids is 1. The van der Waals surface area contributed by atoms with Crippen LogP contribution >= 0.6 is 11.8 Å². The fraction of sp³-hybridized carbons (Fsp3) is 0.353. The molecule has 0 radical (unpaired) electrons. The van der Waals surface area contributed by atoms with E-state index in [2.05, 4.69) is 14.9 Å². The lowest BCUT2D eigenvalue weighted by atomic mass is 10.1. The summed E-state index contributed by atoms with van der Waals surface area (Å²) in [6, 6.07) is 11.7. The molecule has 4 aromatic rings. The van der Waals surface area contributed by atoms with E-state index in [1.165, 1.54) is 28.7 Å². The van der Waals surface area contributed by atoms with E-state index in [0.29, 0.717) is 54.4 Å². The molecule has 16 heteroatoms. The average molecular weight is 702 g/mol. The van der Waals surface area contributed by atoms with Gasteiger partial charge >= 0.3 is 11.7 Å². The molecule has 1 saturated carbocycles. The highest BCUT2D eigenvalue weighted by molar-refractivity contribution is 8.00. The fourth-order valence-electron chi connectivity index (χ4n) is 6.73. The van der Waals surface area contributed by atoms with Crippen LogP contribution in [0.2, 0.25) is 0 Å². The van der Waals surface area contributed by atoms with Crippen molar-refractivity contribution in [2.24, 2.45) is 4.99 Å². The second kappa shape index (κ2) is 12.8. The summed E-state index contributed by atoms with van der Waals surface area (Å²) in [5, 5.41) is 18.9. The van der Waals surface area contributed by atoms with Gasteiger partial charge in [-0.05, 0) is 37.1 Å². The van der Waals surface area contributed by atoms with Crippen LogP contribution in [0, 0.1) is 5.82 Å². The molecule has 258 valence electrons. The molecule has 14 nitrogen and oxygen atoms in total. The van der Waals surface area contributed by atoms with Crippen LogP contribution in [-0.4, -0.2) is 97.5 Å². The summed E-state index contributed by atoms with van der Waals surface area (Å²) in [5.74, 6) is -1.68. The van der Waals surface area contributed by atoms with E-state index in [1.807, 2.05) is 23.1 Å². The van der Waals surface area contributed by atoms with Crippen LogP contribution < -0.4 is 20.9 Å². The standard InChI is InChI=1S/C34H32FN7O7S/c35-23-13-21-25(41(19-5-6-19)15-22(31(21)44)33(46)47)14-26(23)39-11-9-38(10-12-39)18-42-24-4-2-1-3-20(24)30(32(42)45)36-27-7-8-40(34(48)37-27)28-17-50-29(16-43)49-28/h1-4,7-8,13-15,19,28-29,43H,5-6,9-12,16-18H2,(H,46,47)/t28-,29+/m1/s1. The zero-order valence-corrected chi connectivity index (χ0v) is 27.5. The van der Waals surface area contributed by atoms with Crippen molar-refractivity contribution in [2.75, 3.05) is 55.0 Å². The third kappa shape index (κ3) is 5.77. The summed E-state index contributed by atoms with van der Waals surface area (Å²) in [7, 11) is 0. The highest BCUT2D eigenvalue weighted by Gasteiger charge is 2.36. The number of piperazine rings is 1. The number of pyridine rings is 1. The van der Waals surface area contributed by atoms with E-state index < -0.39 is 34.6 Å². The number of halogens is 1. The van der Waals surface area contributed by atoms with Crippen LogP contribution in [0.5, 0.6) is 0 Å². The molecule has 2 saturated heterocycles. The van der Waals surface area contributed by atoms with Crippen molar-refractivity contribution in [3.8, 4) is 0 Å². The number of anilines is 2. The van der Waals surface area contributed by atoms with Crippen molar-refractivity contribution in [1.82, 2.24) is 19.0 Å². The molecule has 3 aliphatic heterocycles. The number of carboxylic acids is 1. The van der Waals surface area contributed by atoms with Gasteiger partial charge in [-0.15, -0.1) is 11.8 Å². The van der Waals surface area contributed by atoms with Crippen LogP contribution in [0.3, 0.4) is 0 Å². The first-order valence-electron chi connectivity index (χ1n) is 16.3. The normalized spacial score (nSPS) is 21.8. The van der Waals surface area contributed by atoms with Gasteiger partial charge in [0, 0.05) is 61.3 Å². The minimum Gasteiger partial charge on any atom is -0.477 e. The molecule has 2 aromatic heterocycles. The van der Waals surface area contributed by atoms with Gasteiger partial charge in [0.15, 0.2) is 5.82 Å². The number of aliphatic imine (C=N–C) groups is 1. The summed E-state index contributed by atoms with van der Waals surface area (Å²) >= 11 is 1.41. The zero-order valence-electron chi connectivity index (χ0n) is 26.6.